The molecule has 0 radical (unpaired) electrons. The summed E-state index contributed by atoms with van der Waals surface area (Å²) in [6.07, 6.45) is -2.99. The van der Waals surface area contributed by atoms with Gasteiger partial charge in [-0.25, -0.2) is 0 Å². The number of ether oxygens (including phenoxy) is 2. The first kappa shape index (κ1) is 23.1. The quantitative estimate of drug-likeness (QED) is 0.210. The molecule has 8 heteroatoms. The molecule has 0 amide bonds. The summed E-state index contributed by atoms with van der Waals surface area (Å²) < 4.78 is 51.9. The SMILES string of the molecule is CCCCOc1cc(OC)ccc1-c1cccc(-c2ccccc2C(F)(F)F)c1[N+](=O)[O-]. The maximum atomic E-state index is 13.6. The van der Waals surface area contributed by atoms with E-state index >= 15 is 0 Å². The van der Waals surface area contributed by atoms with Crippen LogP contribution in [0.15, 0.2) is 60.7 Å². The van der Waals surface area contributed by atoms with Crippen molar-refractivity contribution < 1.29 is 27.6 Å². The van der Waals surface area contributed by atoms with E-state index in [9.17, 15) is 23.3 Å². The van der Waals surface area contributed by atoms with Gasteiger partial charge in [0.15, 0.2) is 0 Å². The van der Waals surface area contributed by atoms with Crippen LogP contribution in [0, 0.1) is 10.1 Å². The third-order valence-corrected chi connectivity index (χ3v) is 4.98. The highest BCUT2D eigenvalue weighted by molar-refractivity contribution is 5.89. The van der Waals surface area contributed by atoms with E-state index in [2.05, 4.69) is 0 Å². The molecule has 0 saturated heterocycles. The lowest BCUT2D eigenvalue weighted by molar-refractivity contribution is -0.383. The lowest BCUT2D eigenvalue weighted by atomic mass is 9.93. The number of halogens is 3. The summed E-state index contributed by atoms with van der Waals surface area (Å²) in [5.41, 5.74) is -1.16. The second-order valence-corrected chi connectivity index (χ2v) is 7.07. The maximum Gasteiger partial charge on any atom is 0.417 e. The van der Waals surface area contributed by atoms with Gasteiger partial charge in [-0.3, -0.25) is 10.1 Å². The number of unbranched alkanes of at least 4 members (excludes halogenated alkanes) is 1. The topological polar surface area (TPSA) is 61.6 Å². The van der Waals surface area contributed by atoms with Gasteiger partial charge in [0, 0.05) is 17.2 Å². The molecule has 0 bridgehead atoms. The van der Waals surface area contributed by atoms with Gasteiger partial charge in [-0.1, -0.05) is 37.6 Å². The number of nitrogens with zero attached hydrogens (tertiary/aromatic N) is 1. The lowest BCUT2D eigenvalue weighted by Crippen LogP contribution is -2.08. The van der Waals surface area contributed by atoms with Gasteiger partial charge in [-0.2, -0.15) is 13.2 Å². The van der Waals surface area contributed by atoms with Gasteiger partial charge >= 0.3 is 6.18 Å². The molecule has 3 aromatic rings. The molecule has 3 rings (SSSR count). The van der Waals surface area contributed by atoms with Crippen LogP contribution >= 0.6 is 0 Å². The molecule has 0 unspecified atom stereocenters. The fraction of sp³-hybridized carbons (Fsp3) is 0.250. The van der Waals surface area contributed by atoms with Gasteiger partial charge in [0.05, 0.1) is 35.3 Å². The normalized spacial score (nSPS) is 11.3. The van der Waals surface area contributed by atoms with E-state index < -0.39 is 22.4 Å². The average molecular weight is 445 g/mol. The first-order valence-corrected chi connectivity index (χ1v) is 10.0. The molecular formula is C24H22F3NO4. The van der Waals surface area contributed by atoms with Gasteiger partial charge in [0.25, 0.3) is 5.69 Å². The van der Waals surface area contributed by atoms with Crippen molar-refractivity contribution in [1.82, 2.24) is 0 Å². The number of hydrogen-bond donors (Lipinski definition) is 0. The summed E-state index contributed by atoms with van der Waals surface area (Å²) in [6, 6.07) is 14.0. The molecule has 0 atom stereocenters. The molecule has 0 heterocycles. The number of nitro groups is 1. The van der Waals surface area contributed by atoms with Gasteiger partial charge in [-0.15, -0.1) is 0 Å². The van der Waals surface area contributed by atoms with Crippen LogP contribution in [0.1, 0.15) is 25.3 Å². The summed E-state index contributed by atoms with van der Waals surface area (Å²) >= 11 is 0. The zero-order valence-corrected chi connectivity index (χ0v) is 17.6. The summed E-state index contributed by atoms with van der Waals surface area (Å²) in [5.74, 6) is 0.864. The third-order valence-electron chi connectivity index (χ3n) is 4.98. The number of alkyl halides is 3. The lowest BCUT2D eigenvalue weighted by Gasteiger charge is -2.16. The Bertz CT molecular complexity index is 1110. The largest absolute Gasteiger partial charge is 0.497 e. The Labute approximate surface area is 183 Å². The number of methoxy groups -OCH3 is 1. The molecule has 0 N–H and O–H groups in total. The number of benzene rings is 3. The number of rotatable bonds is 8. The van der Waals surface area contributed by atoms with E-state index in [0.717, 1.165) is 18.9 Å². The highest BCUT2D eigenvalue weighted by Crippen LogP contribution is 2.45. The fourth-order valence-electron chi connectivity index (χ4n) is 3.44. The number of para-hydroxylation sites is 1. The Morgan fingerprint density at radius 1 is 0.938 bits per heavy atom. The monoisotopic (exact) mass is 445 g/mol. The summed E-state index contributed by atoms with van der Waals surface area (Å²) in [6.45, 7) is 2.39. The first-order valence-electron chi connectivity index (χ1n) is 10.0. The molecule has 0 aliphatic heterocycles. The summed E-state index contributed by atoms with van der Waals surface area (Å²) in [4.78, 5) is 11.4. The zero-order valence-electron chi connectivity index (χ0n) is 17.6. The molecule has 0 saturated carbocycles. The Morgan fingerprint density at radius 2 is 1.59 bits per heavy atom. The molecule has 0 fully saturated rings. The minimum Gasteiger partial charge on any atom is -0.497 e. The summed E-state index contributed by atoms with van der Waals surface area (Å²) in [5, 5.41) is 12.1. The molecule has 168 valence electrons. The van der Waals surface area contributed by atoms with E-state index in [0.29, 0.717) is 23.7 Å². The van der Waals surface area contributed by atoms with Crippen LogP contribution in [0.4, 0.5) is 18.9 Å². The van der Waals surface area contributed by atoms with E-state index in [1.54, 1.807) is 18.2 Å². The van der Waals surface area contributed by atoms with Crippen LogP contribution in [0.25, 0.3) is 22.3 Å². The number of nitro benzene ring substituents is 1. The van der Waals surface area contributed by atoms with E-state index in [1.807, 2.05) is 6.92 Å². The standard InChI is InChI=1S/C24H22F3NO4/c1-3-4-14-32-22-15-16(31-2)12-13-18(22)20-10-7-9-19(23(20)28(29)30)17-8-5-6-11-21(17)24(25,26)27/h5-13,15H,3-4,14H2,1-2H3. The zero-order chi connectivity index (χ0) is 23.3. The van der Waals surface area contributed by atoms with Gasteiger partial charge in [-0.05, 0) is 36.8 Å². The van der Waals surface area contributed by atoms with Crippen molar-refractivity contribution in [2.45, 2.75) is 25.9 Å². The highest BCUT2D eigenvalue weighted by Gasteiger charge is 2.35. The average Bonchev–Trinajstić information content (AvgIpc) is 2.78. The van der Waals surface area contributed by atoms with Crippen molar-refractivity contribution in [3.05, 3.63) is 76.3 Å². The smallest absolute Gasteiger partial charge is 0.417 e. The van der Waals surface area contributed by atoms with Crippen LogP contribution in [-0.2, 0) is 6.18 Å². The minimum absolute atomic E-state index is 0.115. The molecule has 0 aliphatic rings. The Balaban J connectivity index is 2.25. The molecule has 0 spiro atoms. The van der Waals surface area contributed by atoms with Crippen molar-refractivity contribution in [3.63, 3.8) is 0 Å². The van der Waals surface area contributed by atoms with Crippen LogP contribution in [0.2, 0.25) is 0 Å². The predicted molar refractivity (Wildman–Crippen MR) is 116 cm³/mol. The molecule has 0 aromatic heterocycles. The van der Waals surface area contributed by atoms with Crippen LogP contribution < -0.4 is 9.47 Å². The highest BCUT2D eigenvalue weighted by atomic mass is 19.4. The van der Waals surface area contributed by atoms with E-state index in [1.165, 1.54) is 43.5 Å². The molecule has 3 aromatic carbocycles. The van der Waals surface area contributed by atoms with Crippen molar-refractivity contribution in [2.24, 2.45) is 0 Å². The molecule has 5 nitrogen and oxygen atoms in total. The maximum absolute atomic E-state index is 13.6. The van der Waals surface area contributed by atoms with Crippen molar-refractivity contribution >= 4 is 5.69 Å². The Morgan fingerprint density at radius 3 is 2.22 bits per heavy atom. The molecule has 32 heavy (non-hydrogen) atoms. The van der Waals surface area contributed by atoms with Crippen molar-refractivity contribution in [3.8, 4) is 33.8 Å². The Kier molecular flexibility index (Phi) is 7.02. The second kappa shape index (κ2) is 9.72. The van der Waals surface area contributed by atoms with Crippen LogP contribution in [0.3, 0.4) is 0 Å². The second-order valence-electron chi connectivity index (χ2n) is 7.07. The third kappa shape index (κ3) is 4.85. The van der Waals surface area contributed by atoms with Crippen molar-refractivity contribution in [2.75, 3.05) is 13.7 Å². The van der Waals surface area contributed by atoms with Crippen molar-refractivity contribution in [1.29, 1.82) is 0 Å². The molecule has 0 aliphatic carbocycles. The predicted octanol–water partition coefficient (Wildman–Crippen LogP) is 7.14. The van der Waals surface area contributed by atoms with Gasteiger partial charge < -0.3 is 9.47 Å². The fourth-order valence-corrected chi connectivity index (χ4v) is 3.44. The van der Waals surface area contributed by atoms with E-state index in [4.69, 9.17) is 9.47 Å². The Hall–Kier alpha value is -3.55. The van der Waals surface area contributed by atoms with E-state index in [-0.39, 0.29) is 16.7 Å². The number of hydrogen-bond acceptors (Lipinski definition) is 4. The molecular weight excluding hydrogens is 423 g/mol. The summed E-state index contributed by atoms with van der Waals surface area (Å²) in [7, 11) is 1.49. The van der Waals surface area contributed by atoms with Gasteiger partial charge in [0.1, 0.15) is 11.5 Å². The van der Waals surface area contributed by atoms with Gasteiger partial charge in [0.2, 0.25) is 0 Å². The van der Waals surface area contributed by atoms with Crippen LogP contribution in [0.5, 0.6) is 11.5 Å². The van der Waals surface area contributed by atoms with Crippen LogP contribution in [-0.4, -0.2) is 18.6 Å². The first-order chi connectivity index (χ1) is 15.3. The minimum atomic E-state index is -4.66.